The largest absolute Gasteiger partial charge is 0.326 e. The molecular formula is C22H24N4O3S. The van der Waals surface area contributed by atoms with E-state index in [1.54, 1.807) is 42.5 Å². The van der Waals surface area contributed by atoms with E-state index in [9.17, 15) is 14.4 Å². The second-order valence-electron chi connectivity index (χ2n) is 7.89. The van der Waals surface area contributed by atoms with Crippen LogP contribution in [-0.2, 0) is 29.0 Å². The fourth-order valence-electron chi connectivity index (χ4n) is 3.90. The van der Waals surface area contributed by atoms with Gasteiger partial charge < -0.3 is 10.6 Å². The minimum absolute atomic E-state index is 0.0952. The van der Waals surface area contributed by atoms with Crippen molar-refractivity contribution in [1.29, 1.82) is 0 Å². The summed E-state index contributed by atoms with van der Waals surface area (Å²) >= 11 is 1.61. The molecule has 156 valence electrons. The van der Waals surface area contributed by atoms with Gasteiger partial charge in [0.1, 0.15) is 17.2 Å². The summed E-state index contributed by atoms with van der Waals surface area (Å²) < 4.78 is 1.45. The summed E-state index contributed by atoms with van der Waals surface area (Å²) in [5, 5.41) is 6.16. The Kier molecular flexibility index (Phi) is 5.42. The molecule has 0 bridgehead atoms. The molecule has 1 aliphatic rings. The van der Waals surface area contributed by atoms with E-state index >= 15 is 0 Å². The van der Waals surface area contributed by atoms with Crippen LogP contribution in [0.2, 0.25) is 0 Å². The molecule has 0 fully saturated rings. The monoisotopic (exact) mass is 424 g/mol. The molecule has 8 heteroatoms. The van der Waals surface area contributed by atoms with E-state index in [2.05, 4.69) is 22.5 Å². The molecule has 0 aliphatic heterocycles. The fraction of sp³-hybridized carbons (Fsp3) is 0.364. The van der Waals surface area contributed by atoms with E-state index in [0.717, 1.165) is 29.7 Å². The van der Waals surface area contributed by atoms with Gasteiger partial charge in [-0.15, -0.1) is 11.3 Å². The van der Waals surface area contributed by atoms with E-state index in [4.69, 9.17) is 0 Å². The third-order valence-electron chi connectivity index (χ3n) is 5.40. The summed E-state index contributed by atoms with van der Waals surface area (Å²) in [5.74, 6) is 0.702. The molecule has 2 heterocycles. The minimum atomic E-state index is -0.300. The number of amides is 2. The zero-order chi connectivity index (χ0) is 21.4. The number of rotatable bonds is 4. The zero-order valence-corrected chi connectivity index (χ0v) is 18.1. The number of nitrogens with zero attached hydrogens (tertiary/aromatic N) is 2. The third-order valence-corrected chi connectivity index (χ3v) is 6.55. The van der Waals surface area contributed by atoms with Crippen LogP contribution >= 0.6 is 11.3 Å². The molecule has 0 radical (unpaired) electrons. The average Bonchev–Trinajstić information content (AvgIpc) is 3.03. The van der Waals surface area contributed by atoms with Crippen LogP contribution in [0, 0.1) is 12.8 Å². The van der Waals surface area contributed by atoms with Gasteiger partial charge in [-0.2, -0.15) is 0 Å². The molecule has 1 aliphatic carbocycles. The predicted molar refractivity (Wildman–Crippen MR) is 119 cm³/mol. The zero-order valence-electron chi connectivity index (χ0n) is 17.2. The van der Waals surface area contributed by atoms with Crippen molar-refractivity contribution in [2.24, 2.45) is 5.92 Å². The summed E-state index contributed by atoms with van der Waals surface area (Å²) in [7, 11) is 0. The molecule has 7 nitrogen and oxygen atoms in total. The number of anilines is 2. The van der Waals surface area contributed by atoms with Crippen LogP contribution in [0.25, 0.3) is 10.2 Å². The molecule has 2 N–H and O–H groups in total. The highest BCUT2D eigenvalue weighted by molar-refractivity contribution is 7.18. The van der Waals surface area contributed by atoms with Crippen molar-refractivity contribution in [3.8, 4) is 0 Å². The molecule has 3 aromatic rings. The quantitative estimate of drug-likeness (QED) is 0.670. The Bertz CT molecular complexity index is 1190. The minimum Gasteiger partial charge on any atom is -0.326 e. The highest BCUT2D eigenvalue weighted by atomic mass is 32.1. The van der Waals surface area contributed by atoms with E-state index in [0.29, 0.717) is 28.5 Å². The number of thiophene rings is 1. The van der Waals surface area contributed by atoms with Gasteiger partial charge in [-0.1, -0.05) is 6.92 Å². The normalized spacial score (nSPS) is 15.6. The summed E-state index contributed by atoms with van der Waals surface area (Å²) in [4.78, 5) is 43.6. The molecular weight excluding hydrogens is 400 g/mol. The molecule has 30 heavy (non-hydrogen) atoms. The van der Waals surface area contributed by atoms with Crippen molar-refractivity contribution < 1.29 is 9.59 Å². The summed E-state index contributed by atoms with van der Waals surface area (Å²) in [5.41, 5.74) is 2.23. The maximum absolute atomic E-state index is 13.2. The lowest BCUT2D eigenvalue weighted by atomic mass is 9.89. The van der Waals surface area contributed by atoms with Crippen molar-refractivity contribution in [3.05, 3.63) is 50.9 Å². The van der Waals surface area contributed by atoms with Crippen LogP contribution in [0.5, 0.6) is 0 Å². The van der Waals surface area contributed by atoms with Crippen LogP contribution in [0.4, 0.5) is 11.4 Å². The number of benzene rings is 1. The molecule has 2 amide bonds. The second-order valence-corrected chi connectivity index (χ2v) is 8.97. The number of hydrogen-bond donors (Lipinski definition) is 2. The first-order chi connectivity index (χ1) is 14.3. The van der Waals surface area contributed by atoms with Crippen LogP contribution in [-0.4, -0.2) is 21.4 Å². The van der Waals surface area contributed by atoms with Crippen molar-refractivity contribution in [2.45, 2.75) is 46.6 Å². The number of nitrogens with one attached hydrogen (secondary N) is 2. The molecule has 0 saturated carbocycles. The molecule has 0 saturated heterocycles. The van der Waals surface area contributed by atoms with Gasteiger partial charge in [0, 0.05) is 23.2 Å². The first kappa shape index (κ1) is 20.3. The SMILES string of the molecule is CC(=O)Nc1ccc(NC(=O)Cn2c(C)nc3sc4c(c3c2=O)CCC(C)C4)cc1. The number of fused-ring (bicyclic) bond motifs is 3. The molecule has 1 unspecified atom stereocenters. The Balaban J connectivity index is 1.57. The van der Waals surface area contributed by atoms with E-state index in [1.165, 1.54) is 16.4 Å². The van der Waals surface area contributed by atoms with E-state index < -0.39 is 0 Å². The van der Waals surface area contributed by atoms with Gasteiger partial charge in [-0.05, 0) is 61.9 Å². The molecule has 1 atom stereocenters. The Morgan fingerprint density at radius 1 is 1.20 bits per heavy atom. The van der Waals surface area contributed by atoms with Crippen LogP contribution in [0.1, 0.15) is 36.5 Å². The Labute approximate surface area is 178 Å². The first-order valence-electron chi connectivity index (χ1n) is 10.0. The van der Waals surface area contributed by atoms with E-state index in [-0.39, 0.29) is 23.9 Å². The first-order valence-corrected chi connectivity index (χ1v) is 10.8. The lowest BCUT2D eigenvalue weighted by Crippen LogP contribution is -2.30. The summed E-state index contributed by atoms with van der Waals surface area (Å²) in [6, 6.07) is 6.83. The van der Waals surface area contributed by atoms with Crippen molar-refractivity contribution in [3.63, 3.8) is 0 Å². The molecule has 4 rings (SSSR count). The number of carbonyl (C=O) groups is 2. The number of aromatic nitrogens is 2. The number of carbonyl (C=O) groups excluding carboxylic acids is 2. The maximum atomic E-state index is 13.2. The van der Waals surface area contributed by atoms with Gasteiger partial charge in [0.15, 0.2) is 0 Å². The fourth-order valence-corrected chi connectivity index (χ4v) is 5.31. The standard InChI is InChI=1S/C22H24N4O3S/c1-12-4-9-17-18(10-12)30-21-20(17)22(29)26(13(2)23-21)11-19(28)25-16-7-5-15(6-8-16)24-14(3)27/h5-8,12H,4,9-11H2,1-3H3,(H,24,27)(H,25,28). The number of aryl methyl sites for hydroxylation is 2. The Morgan fingerprint density at radius 2 is 1.87 bits per heavy atom. The average molecular weight is 425 g/mol. The highest BCUT2D eigenvalue weighted by Gasteiger charge is 2.24. The van der Waals surface area contributed by atoms with Crippen LogP contribution < -0.4 is 16.2 Å². The predicted octanol–water partition coefficient (Wildman–Crippen LogP) is 3.49. The smallest absolute Gasteiger partial charge is 0.263 e. The van der Waals surface area contributed by atoms with Gasteiger partial charge in [-0.25, -0.2) is 4.98 Å². The van der Waals surface area contributed by atoms with Gasteiger partial charge in [0.25, 0.3) is 5.56 Å². The summed E-state index contributed by atoms with van der Waals surface area (Å²) in [6.07, 6.45) is 2.95. The van der Waals surface area contributed by atoms with Gasteiger partial charge in [0.05, 0.1) is 5.39 Å². The van der Waals surface area contributed by atoms with Crippen LogP contribution in [0.15, 0.2) is 29.1 Å². The maximum Gasteiger partial charge on any atom is 0.263 e. The Morgan fingerprint density at radius 3 is 2.53 bits per heavy atom. The second kappa shape index (κ2) is 8.02. The van der Waals surface area contributed by atoms with Crippen molar-refractivity contribution >= 4 is 44.7 Å². The van der Waals surface area contributed by atoms with Gasteiger partial charge in [-0.3, -0.25) is 19.0 Å². The molecule has 0 spiro atoms. The topological polar surface area (TPSA) is 93.1 Å². The lowest BCUT2D eigenvalue weighted by Gasteiger charge is -2.17. The lowest BCUT2D eigenvalue weighted by molar-refractivity contribution is -0.117. The number of hydrogen-bond acceptors (Lipinski definition) is 5. The van der Waals surface area contributed by atoms with Gasteiger partial charge >= 0.3 is 0 Å². The summed E-state index contributed by atoms with van der Waals surface area (Å²) in [6.45, 7) is 5.34. The molecule has 2 aromatic heterocycles. The van der Waals surface area contributed by atoms with Crippen LogP contribution in [0.3, 0.4) is 0 Å². The molecule has 1 aromatic carbocycles. The van der Waals surface area contributed by atoms with E-state index in [1.807, 2.05) is 0 Å². The van der Waals surface area contributed by atoms with Crippen molar-refractivity contribution in [2.75, 3.05) is 10.6 Å². The third kappa shape index (κ3) is 4.00. The Hall–Kier alpha value is -3.00. The van der Waals surface area contributed by atoms with Gasteiger partial charge in [0.2, 0.25) is 11.8 Å². The van der Waals surface area contributed by atoms with Crippen molar-refractivity contribution in [1.82, 2.24) is 9.55 Å². The highest BCUT2D eigenvalue weighted by Crippen LogP contribution is 2.35.